The molecule has 8 heteroatoms. The quantitative estimate of drug-likeness (QED) is 0.291. The van der Waals surface area contributed by atoms with Crippen molar-refractivity contribution in [2.75, 3.05) is 26.4 Å². The Morgan fingerprint density at radius 3 is 2.00 bits per heavy atom. The predicted molar refractivity (Wildman–Crippen MR) is 128 cm³/mol. The minimum Gasteiger partial charge on any atom is -0.482 e. The Balaban J connectivity index is 1.34. The van der Waals surface area contributed by atoms with Gasteiger partial charge in [-0.25, -0.2) is 0 Å². The summed E-state index contributed by atoms with van der Waals surface area (Å²) in [5.41, 5.74) is 0. The van der Waals surface area contributed by atoms with E-state index >= 15 is 0 Å². The smallest absolute Gasteiger partial charge is 0.234 e. The minimum atomic E-state index is -0.379. The van der Waals surface area contributed by atoms with Crippen LogP contribution in [0.2, 0.25) is 0 Å². The molecule has 0 aromatic carbocycles. The highest BCUT2D eigenvalue weighted by Crippen LogP contribution is 2.54. The van der Waals surface area contributed by atoms with Crippen LogP contribution in [-0.2, 0) is 9.47 Å². The van der Waals surface area contributed by atoms with E-state index in [0.717, 1.165) is 45.6 Å². The van der Waals surface area contributed by atoms with E-state index in [2.05, 4.69) is 13.8 Å². The summed E-state index contributed by atoms with van der Waals surface area (Å²) in [6.07, 6.45) is 8.65. The molecule has 0 aliphatic carbocycles. The lowest BCUT2D eigenvalue weighted by molar-refractivity contribution is -0.116. The fourth-order valence-corrected chi connectivity index (χ4v) is 5.70. The standard InChI is InChI=1S/C24H34O6S2/c1-3-5-7-9-11-25-19-14-28-21-18(29-19)16-32-23(21)24-22-17(15-31-24)27-13-20(30-22)26-12-10-8-6-4-2/h15-16,19-20H,3-14H2,1-2H3. The predicted octanol–water partition coefficient (Wildman–Crippen LogP) is 6.87. The molecule has 0 amide bonds. The molecular weight excluding hydrogens is 448 g/mol. The zero-order valence-electron chi connectivity index (χ0n) is 19.1. The SMILES string of the molecule is CCCCCCOC1COc2c(csc2-c2scc3c2OC(OCCCCCC)CO3)O1. The highest BCUT2D eigenvalue weighted by atomic mass is 32.1. The first-order chi connectivity index (χ1) is 15.8. The molecule has 0 saturated carbocycles. The highest BCUT2D eigenvalue weighted by molar-refractivity contribution is 7.21. The van der Waals surface area contributed by atoms with Gasteiger partial charge in [0.25, 0.3) is 0 Å². The zero-order valence-corrected chi connectivity index (χ0v) is 20.7. The average molecular weight is 483 g/mol. The molecule has 4 rings (SSSR count). The summed E-state index contributed by atoms with van der Waals surface area (Å²) in [6.45, 7) is 6.60. The molecule has 2 aromatic heterocycles. The van der Waals surface area contributed by atoms with E-state index in [1.165, 1.54) is 38.5 Å². The molecule has 2 aliphatic heterocycles. The summed E-state index contributed by atoms with van der Waals surface area (Å²) in [5, 5.41) is 3.97. The lowest BCUT2D eigenvalue weighted by Crippen LogP contribution is -2.32. The number of hydrogen-bond donors (Lipinski definition) is 0. The zero-order chi connectivity index (χ0) is 22.2. The van der Waals surface area contributed by atoms with Gasteiger partial charge in [-0.3, -0.25) is 0 Å². The third-order valence-corrected chi connectivity index (χ3v) is 7.53. The Labute approximate surface area is 198 Å². The van der Waals surface area contributed by atoms with Gasteiger partial charge < -0.3 is 28.4 Å². The second-order valence-corrected chi connectivity index (χ2v) is 9.86. The maximum Gasteiger partial charge on any atom is 0.234 e. The molecule has 2 aromatic rings. The van der Waals surface area contributed by atoms with Crippen molar-refractivity contribution in [1.82, 2.24) is 0 Å². The number of unbranched alkanes of at least 4 members (excludes halogenated alkanes) is 6. The maximum atomic E-state index is 6.18. The van der Waals surface area contributed by atoms with Crippen molar-refractivity contribution in [3.63, 3.8) is 0 Å². The molecule has 0 spiro atoms. The van der Waals surface area contributed by atoms with Gasteiger partial charge in [0.2, 0.25) is 12.6 Å². The van der Waals surface area contributed by atoms with E-state index in [9.17, 15) is 0 Å². The molecule has 0 bridgehead atoms. The molecular formula is C24H34O6S2. The van der Waals surface area contributed by atoms with Crippen LogP contribution < -0.4 is 18.9 Å². The molecule has 2 aliphatic rings. The molecule has 2 unspecified atom stereocenters. The summed E-state index contributed by atoms with van der Waals surface area (Å²) in [5.74, 6) is 3.00. The van der Waals surface area contributed by atoms with Gasteiger partial charge in [0.1, 0.15) is 0 Å². The Kier molecular flexibility index (Phi) is 8.96. The van der Waals surface area contributed by atoms with Gasteiger partial charge in [-0.1, -0.05) is 52.4 Å². The Hall–Kier alpha value is -1.48. The van der Waals surface area contributed by atoms with Crippen molar-refractivity contribution in [2.24, 2.45) is 0 Å². The summed E-state index contributed by atoms with van der Waals surface area (Å²) in [6, 6.07) is 0. The van der Waals surface area contributed by atoms with Gasteiger partial charge in [-0.05, 0) is 12.8 Å². The average Bonchev–Trinajstić information content (AvgIpc) is 3.42. The van der Waals surface area contributed by atoms with Crippen molar-refractivity contribution in [1.29, 1.82) is 0 Å². The van der Waals surface area contributed by atoms with Crippen molar-refractivity contribution in [2.45, 2.75) is 77.8 Å². The van der Waals surface area contributed by atoms with E-state index < -0.39 is 0 Å². The van der Waals surface area contributed by atoms with E-state index in [0.29, 0.717) is 26.4 Å². The first-order valence-corrected chi connectivity index (χ1v) is 13.6. The van der Waals surface area contributed by atoms with Crippen molar-refractivity contribution < 1.29 is 28.4 Å². The first kappa shape index (κ1) is 23.7. The van der Waals surface area contributed by atoms with Gasteiger partial charge >= 0.3 is 0 Å². The molecule has 0 fully saturated rings. The van der Waals surface area contributed by atoms with Crippen molar-refractivity contribution in [3.8, 4) is 32.8 Å². The second kappa shape index (κ2) is 12.1. The molecule has 0 saturated heterocycles. The van der Waals surface area contributed by atoms with Gasteiger partial charge in [0.15, 0.2) is 36.2 Å². The fraction of sp³-hybridized carbons (Fsp3) is 0.667. The van der Waals surface area contributed by atoms with Crippen LogP contribution in [0.1, 0.15) is 65.2 Å². The normalized spacial score (nSPS) is 19.3. The van der Waals surface area contributed by atoms with E-state index in [1.807, 2.05) is 10.8 Å². The monoisotopic (exact) mass is 482 g/mol. The molecule has 6 nitrogen and oxygen atoms in total. The number of thiophene rings is 2. The lowest BCUT2D eigenvalue weighted by atomic mass is 10.2. The van der Waals surface area contributed by atoms with Gasteiger partial charge in [0, 0.05) is 10.8 Å². The molecule has 32 heavy (non-hydrogen) atoms. The molecule has 0 N–H and O–H groups in total. The van der Waals surface area contributed by atoms with Crippen LogP contribution in [0, 0.1) is 0 Å². The largest absolute Gasteiger partial charge is 0.482 e. The summed E-state index contributed by atoms with van der Waals surface area (Å²) < 4.78 is 35.9. The summed E-state index contributed by atoms with van der Waals surface area (Å²) in [7, 11) is 0. The summed E-state index contributed by atoms with van der Waals surface area (Å²) >= 11 is 3.18. The topological polar surface area (TPSA) is 55.4 Å². The molecule has 178 valence electrons. The highest BCUT2D eigenvalue weighted by Gasteiger charge is 2.32. The second-order valence-electron chi connectivity index (χ2n) is 8.10. The van der Waals surface area contributed by atoms with Crippen molar-refractivity contribution >= 4 is 22.7 Å². The van der Waals surface area contributed by atoms with E-state index in [-0.39, 0.29) is 12.6 Å². The van der Waals surface area contributed by atoms with Crippen LogP contribution in [0.5, 0.6) is 23.0 Å². The van der Waals surface area contributed by atoms with Crippen molar-refractivity contribution in [3.05, 3.63) is 10.8 Å². The Morgan fingerprint density at radius 2 is 1.31 bits per heavy atom. The van der Waals surface area contributed by atoms with Gasteiger partial charge in [-0.2, -0.15) is 0 Å². The van der Waals surface area contributed by atoms with Crippen LogP contribution in [0.15, 0.2) is 10.8 Å². The first-order valence-electron chi connectivity index (χ1n) is 11.9. The molecule has 4 heterocycles. The third-order valence-electron chi connectivity index (χ3n) is 5.48. The third kappa shape index (κ3) is 5.90. The fourth-order valence-electron chi connectivity index (χ4n) is 3.71. The molecule has 2 atom stereocenters. The van der Waals surface area contributed by atoms with Crippen LogP contribution in [-0.4, -0.2) is 39.0 Å². The van der Waals surface area contributed by atoms with Crippen LogP contribution >= 0.6 is 22.7 Å². The Bertz CT molecular complexity index is 833. The molecule has 0 radical (unpaired) electrons. The maximum absolute atomic E-state index is 6.18. The van der Waals surface area contributed by atoms with E-state index in [1.54, 1.807) is 22.7 Å². The van der Waals surface area contributed by atoms with E-state index in [4.69, 9.17) is 28.4 Å². The number of ether oxygens (including phenoxy) is 6. The summed E-state index contributed by atoms with van der Waals surface area (Å²) in [4.78, 5) is 1.99. The lowest BCUT2D eigenvalue weighted by Gasteiger charge is -2.26. The minimum absolute atomic E-state index is 0.353. The van der Waals surface area contributed by atoms with Crippen LogP contribution in [0.25, 0.3) is 9.75 Å². The number of fused-ring (bicyclic) bond motifs is 2. The van der Waals surface area contributed by atoms with Gasteiger partial charge in [-0.15, -0.1) is 22.7 Å². The number of hydrogen-bond acceptors (Lipinski definition) is 8. The van der Waals surface area contributed by atoms with Crippen LogP contribution in [0.4, 0.5) is 0 Å². The Morgan fingerprint density at radius 1 is 0.719 bits per heavy atom. The number of rotatable bonds is 13. The van der Waals surface area contributed by atoms with Gasteiger partial charge in [0.05, 0.1) is 23.0 Å². The van der Waals surface area contributed by atoms with Crippen LogP contribution in [0.3, 0.4) is 0 Å².